The number of rotatable bonds is 6. The van der Waals surface area contributed by atoms with Crippen molar-refractivity contribution in [3.8, 4) is 5.13 Å². The van der Waals surface area contributed by atoms with Gasteiger partial charge < -0.3 is 5.11 Å². The lowest BCUT2D eigenvalue weighted by Crippen LogP contribution is -2.52. The number of hydrogen-bond acceptors (Lipinski definition) is 5. The molecule has 0 fully saturated rings. The van der Waals surface area contributed by atoms with Crippen LogP contribution in [0.5, 0.6) is 0 Å². The second kappa shape index (κ2) is 8.88. The van der Waals surface area contributed by atoms with E-state index >= 15 is 0 Å². The van der Waals surface area contributed by atoms with E-state index in [0.29, 0.717) is 0 Å². The maximum absolute atomic E-state index is 13.9. The van der Waals surface area contributed by atoms with Crippen molar-refractivity contribution >= 4 is 67.1 Å². The van der Waals surface area contributed by atoms with E-state index in [-0.39, 0.29) is 20.6 Å². The van der Waals surface area contributed by atoms with Crippen LogP contribution in [-0.4, -0.2) is 35.1 Å². The van der Waals surface area contributed by atoms with Gasteiger partial charge in [0.25, 0.3) is 10.0 Å². The molecular formula is C23H21Cl2N3O4S2. The van der Waals surface area contributed by atoms with Gasteiger partial charge >= 0.3 is 5.97 Å². The van der Waals surface area contributed by atoms with Crippen molar-refractivity contribution < 1.29 is 18.3 Å². The normalized spacial score (nSPS) is 13.2. The highest BCUT2D eigenvalue weighted by Gasteiger charge is 2.43. The van der Waals surface area contributed by atoms with Crippen LogP contribution < -0.4 is 4.31 Å². The van der Waals surface area contributed by atoms with Crippen LogP contribution in [0.25, 0.3) is 16.0 Å². The Hall–Kier alpha value is -2.59. The Morgan fingerprint density at radius 2 is 1.79 bits per heavy atom. The van der Waals surface area contributed by atoms with Crippen LogP contribution in [0.15, 0.2) is 65.1 Å². The van der Waals surface area contributed by atoms with Gasteiger partial charge in [-0.2, -0.15) is 0 Å². The first-order valence-corrected chi connectivity index (χ1v) is 13.2. The Kier molecular flexibility index (Phi) is 6.41. The van der Waals surface area contributed by atoms with E-state index in [4.69, 9.17) is 23.2 Å². The van der Waals surface area contributed by atoms with Crippen molar-refractivity contribution in [3.63, 3.8) is 0 Å². The first-order chi connectivity index (χ1) is 15.9. The minimum atomic E-state index is -4.37. The SMILES string of the molecule is CC(C)(C)C(C(=O)O)N(c1ccc2c(ccn2-c2nccs2)c1)S(=O)(=O)c1cc(Cl)cc(Cl)c1. The number of aromatic nitrogens is 2. The van der Waals surface area contributed by atoms with Crippen LogP contribution in [0, 0.1) is 5.41 Å². The molecular weight excluding hydrogens is 517 g/mol. The van der Waals surface area contributed by atoms with Gasteiger partial charge in [-0.3, -0.25) is 8.87 Å². The predicted octanol–water partition coefficient (Wildman–Crippen LogP) is 6.09. The molecule has 0 spiro atoms. The second-order valence-electron chi connectivity index (χ2n) is 8.76. The molecule has 2 aromatic carbocycles. The average molecular weight is 538 g/mol. The summed E-state index contributed by atoms with van der Waals surface area (Å²) in [6.07, 6.45) is 3.53. The van der Waals surface area contributed by atoms with E-state index in [1.165, 1.54) is 29.5 Å². The molecule has 1 atom stereocenters. The van der Waals surface area contributed by atoms with E-state index in [1.807, 2.05) is 22.2 Å². The maximum Gasteiger partial charge on any atom is 0.328 e. The molecule has 178 valence electrons. The van der Waals surface area contributed by atoms with Gasteiger partial charge in [0, 0.05) is 33.2 Å². The number of carbonyl (C=O) groups is 1. The molecule has 7 nitrogen and oxygen atoms in total. The van der Waals surface area contributed by atoms with Gasteiger partial charge in [0.2, 0.25) is 0 Å². The van der Waals surface area contributed by atoms with Crippen molar-refractivity contribution in [2.24, 2.45) is 5.41 Å². The molecule has 0 radical (unpaired) electrons. The summed E-state index contributed by atoms with van der Waals surface area (Å²) in [6.45, 7) is 5.03. The molecule has 0 amide bonds. The van der Waals surface area contributed by atoms with Crippen LogP contribution in [0.4, 0.5) is 5.69 Å². The summed E-state index contributed by atoms with van der Waals surface area (Å²) in [4.78, 5) is 16.6. The average Bonchev–Trinajstić information content (AvgIpc) is 3.38. The minimum absolute atomic E-state index is 0.129. The summed E-state index contributed by atoms with van der Waals surface area (Å²) < 4.78 is 30.6. The molecule has 4 rings (SSSR count). The van der Waals surface area contributed by atoms with Gasteiger partial charge in [0.05, 0.1) is 16.1 Å². The zero-order chi connectivity index (χ0) is 24.8. The van der Waals surface area contributed by atoms with Gasteiger partial charge in [0.1, 0.15) is 6.04 Å². The number of sulfonamides is 1. The highest BCUT2D eigenvalue weighted by Crippen LogP contribution is 2.37. The molecule has 2 aromatic heterocycles. The van der Waals surface area contributed by atoms with Crippen molar-refractivity contribution in [1.82, 2.24) is 9.55 Å². The highest BCUT2D eigenvalue weighted by atomic mass is 35.5. The van der Waals surface area contributed by atoms with Crippen LogP contribution in [-0.2, 0) is 14.8 Å². The third-order valence-electron chi connectivity index (χ3n) is 5.24. The summed E-state index contributed by atoms with van der Waals surface area (Å²) in [6, 6.07) is 9.36. The quantitative estimate of drug-likeness (QED) is 0.321. The summed E-state index contributed by atoms with van der Waals surface area (Å²) in [5.41, 5.74) is 0.0792. The maximum atomic E-state index is 13.9. The fourth-order valence-corrected chi connectivity index (χ4v) is 6.96. The molecule has 11 heteroatoms. The van der Waals surface area contributed by atoms with Crippen LogP contribution in [0.3, 0.4) is 0 Å². The van der Waals surface area contributed by atoms with Crippen molar-refractivity contribution in [2.45, 2.75) is 31.7 Å². The molecule has 34 heavy (non-hydrogen) atoms. The second-order valence-corrected chi connectivity index (χ2v) is 12.3. The number of benzene rings is 2. The molecule has 4 aromatic rings. The fourth-order valence-electron chi connectivity index (χ4n) is 3.81. The smallest absolute Gasteiger partial charge is 0.328 e. The Morgan fingerprint density at radius 3 is 2.35 bits per heavy atom. The van der Waals surface area contributed by atoms with E-state index < -0.39 is 27.4 Å². The molecule has 0 aliphatic rings. The summed E-state index contributed by atoms with van der Waals surface area (Å²) in [5.74, 6) is -1.27. The highest BCUT2D eigenvalue weighted by molar-refractivity contribution is 7.93. The van der Waals surface area contributed by atoms with Gasteiger partial charge in [0.15, 0.2) is 5.13 Å². The number of hydrogen-bond donors (Lipinski definition) is 1. The number of anilines is 1. The lowest BCUT2D eigenvalue weighted by molar-refractivity contribution is -0.140. The third-order valence-corrected chi connectivity index (χ3v) is 8.21. The van der Waals surface area contributed by atoms with E-state index in [0.717, 1.165) is 20.3 Å². The molecule has 2 heterocycles. The van der Waals surface area contributed by atoms with Crippen LogP contribution >= 0.6 is 34.5 Å². The Balaban J connectivity index is 1.94. The lowest BCUT2D eigenvalue weighted by Gasteiger charge is -2.37. The van der Waals surface area contributed by atoms with Crippen molar-refractivity contribution in [3.05, 3.63) is 70.3 Å². The minimum Gasteiger partial charge on any atom is -0.480 e. The molecule has 1 unspecified atom stereocenters. The number of nitrogens with zero attached hydrogens (tertiary/aromatic N) is 3. The van der Waals surface area contributed by atoms with E-state index in [1.54, 1.807) is 45.2 Å². The number of carboxylic acid groups (broad SMARTS) is 1. The monoisotopic (exact) mass is 537 g/mol. The van der Waals surface area contributed by atoms with Gasteiger partial charge in [-0.1, -0.05) is 44.0 Å². The Bertz CT molecular complexity index is 1460. The zero-order valence-corrected chi connectivity index (χ0v) is 21.6. The van der Waals surface area contributed by atoms with Gasteiger partial charge in [-0.15, -0.1) is 11.3 Å². The molecule has 0 aliphatic heterocycles. The molecule has 0 aliphatic carbocycles. The number of fused-ring (bicyclic) bond motifs is 1. The molecule has 1 N–H and O–H groups in total. The zero-order valence-electron chi connectivity index (χ0n) is 18.4. The molecule has 0 saturated heterocycles. The lowest BCUT2D eigenvalue weighted by atomic mass is 9.86. The Morgan fingerprint density at radius 1 is 1.12 bits per heavy atom. The largest absolute Gasteiger partial charge is 0.480 e. The molecule has 0 saturated carbocycles. The fraction of sp³-hybridized carbons (Fsp3) is 0.217. The van der Waals surface area contributed by atoms with Crippen LogP contribution in [0.2, 0.25) is 10.0 Å². The molecule has 0 bridgehead atoms. The number of aliphatic carboxylic acids is 1. The van der Waals surface area contributed by atoms with E-state index in [2.05, 4.69) is 4.98 Å². The van der Waals surface area contributed by atoms with Gasteiger partial charge in [-0.25, -0.2) is 18.2 Å². The van der Waals surface area contributed by atoms with E-state index in [9.17, 15) is 18.3 Å². The Labute approximate surface area is 211 Å². The third kappa shape index (κ3) is 4.53. The topological polar surface area (TPSA) is 92.5 Å². The first-order valence-electron chi connectivity index (χ1n) is 10.1. The van der Waals surface area contributed by atoms with Crippen LogP contribution in [0.1, 0.15) is 20.8 Å². The number of thiazole rings is 1. The number of halogens is 2. The summed E-state index contributed by atoms with van der Waals surface area (Å²) >= 11 is 13.6. The van der Waals surface area contributed by atoms with Crippen molar-refractivity contribution in [2.75, 3.05) is 4.31 Å². The predicted molar refractivity (Wildman–Crippen MR) is 136 cm³/mol. The summed E-state index contributed by atoms with van der Waals surface area (Å²) in [5, 5.41) is 13.7. The standard InChI is InChI=1S/C23H21Cl2N3O4S2/c1-23(2,3)20(21(29)30)28(34(31,32)18-12-15(24)11-16(25)13-18)17-4-5-19-14(10-17)6-8-27(19)22-26-7-9-33-22/h4-13,20H,1-3H3,(H,29,30). The van der Waals surface area contributed by atoms with Crippen molar-refractivity contribution in [1.29, 1.82) is 0 Å². The summed E-state index contributed by atoms with van der Waals surface area (Å²) in [7, 11) is -4.37. The first kappa shape index (κ1) is 24.5. The number of carboxylic acids is 1. The van der Waals surface area contributed by atoms with Gasteiger partial charge in [-0.05, 0) is 47.9 Å².